The number of carbonyl (C=O) groups is 3. The van der Waals surface area contributed by atoms with E-state index in [0.29, 0.717) is 37.7 Å². The van der Waals surface area contributed by atoms with Gasteiger partial charge < -0.3 is 119 Å². The van der Waals surface area contributed by atoms with Crippen LogP contribution in [0, 0.1) is 50.2 Å². The molecule has 0 aromatic rings. The van der Waals surface area contributed by atoms with E-state index in [0.717, 1.165) is 11.9 Å². The Morgan fingerprint density at radius 1 is 0.723 bits per heavy atom. The molecule has 30 atom stereocenters. The van der Waals surface area contributed by atoms with E-state index >= 15 is 0 Å². The molecule has 8 fully saturated rings. The highest BCUT2D eigenvalue weighted by atomic mass is 16.8. The Labute approximate surface area is 480 Å². The van der Waals surface area contributed by atoms with Gasteiger partial charge in [-0.25, -0.2) is 9.59 Å². The third-order valence-electron chi connectivity index (χ3n) is 21.9. The van der Waals surface area contributed by atoms with E-state index < -0.39 is 218 Å². The van der Waals surface area contributed by atoms with Crippen LogP contribution in [0.3, 0.4) is 0 Å². The summed E-state index contributed by atoms with van der Waals surface area (Å²) in [5, 5.41) is 155. The van der Waals surface area contributed by atoms with Crippen molar-refractivity contribution in [2.24, 2.45) is 50.2 Å². The number of ether oxygens (including phenoxy) is 9. The Morgan fingerprint density at radius 3 is 2.04 bits per heavy atom. The fraction of sp³-hybridized carbons (Fsp3) is 0.877. The third-order valence-corrected chi connectivity index (χ3v) is 21.9. The molecule has 0 aromatic heterocycles. The molecular formula is C57H88O26. The highest BCUT2D eigenvalue weighted by molar-refractivity contribution is 5.87. The zero-order valence-electron chi connectivity index (χ0n) is 48.1. The number of aliphatic hydroxyl groups excluding tert-OH is 13. The number of carboxylic acids is 1. The summed E-state index contributed by atoms with van der Waals surface area (Å²) in [5.41, 5.74) is -4.21. The maximum atomic E-state index is 14.1. The fourth-order valence-electron chi connectivity index (χ4n) is 16.7. The van der Waals surface area contributed by atoms with Crippen LogP contribution in [-0.4, -0.2) is 245 Å². The summed E-state index contributed by atoms with van der Waals surface area (Å²) in [5.74, 6) is -3.45. The minimum atomic E-state index is -2.27. The molecule has 5 aliphatic carbocycles. The van der Waals surface area contributed by atoms with Gasteiger partial charge in [-0.2, -0.15) is 0 Å². The van der Waals surface area contributed by atoms with Crippen LogP contribution in [0.25, 0.3) is 0 Å². The molecule has 0 bridgehead atoms. The summed E-state index contributed by atoms with van der Waals surface area (Å²) in [6.45, 7) is 13.3. The Bertz CT molecular complexity index is 2420. The standard InChI is InChI=1S/C57H88O26/c1-9-23(2)46(73)82-44-43(70)57(22-60)25(17-52(44,3)4)24-10-11-31-53(5)14-13-33(54(6,21-59)30(53)12-15-55(31,7)56(24,8)18-32(57)63)78-51-42(81-50-38(68)36(66)35(65)29(19-58)77-50)40(39(69)41(80-51)45(71)72)79-48-28(16-26(61)47(74)83-48)76-49-37(67)34(64)27(62)20-75-49/h9-10,21,25-44,47-51,58,60-70,74H,11-20,22H2,1-8H3,(H,71,72)/b23-9+/t25-,26+,27+,28+,29+,30+,31+,32+,33-,34-,35-,36-,37+,38+,39-,40-,41-,42+,43-,44-,47-,48+,49-,50-,51+,53-,54-,55+,56+,57-/m0/s1. The molecule has 14 N–H and O–H groups in total. The normalized spacial score (nSPS) is 52.6. The van der Waals surface area contributed by atoms with Crippen molar-refractivity contribution in [3.8, 4) is 0 Å². The van der Waals surface area contributed by atoms with Crippen LogP contribution >= 0.6 is 0 Å². The maximum Gasteiger partial charge on any atom is 0.335 e. The molecule has 0 radical (unpaired) electrons. The van der Waals surface area contributed by atoms with Gasteiger partial charge in [0.25, 0.3) is 0 Å². The molecule has 9 rings (SSSR count). The van der Waals surface area contributed by atoms with Crippen LogP contribution < -0.4 is 0 Å². The van der Waals surface area contributed by atoms with E-state index in [2.05, 4.69) is 26.8 Å². The van der Waals surface area contributed by atoms with E-state index in [9.17, 15) is 85.9 Å². The first-order valence-corrected chi connectivity index (χ1v) is 29.0. The van der Waals surface area contributed by atoms with Gasteiger partial charge in [0.1, 0.15) is 91.7 Å². The predicted octanol–water partition coefficient (Wildman–Crippen LogP) is -2.24. The van der Waals surface area contributed by atoms with Crippen molar-refractivity contribution in [2.45, 2.75) is 242 Å². The van der Waals surface area contributed by atoms with Gasteiger partial charge in [-0.3, -0.25) is 0 Å². The number of allylic oxidation sites excluding steroid dienone is 3. The average molecular weight is 1190 g/mol. The molecule has 4 heterocycles. The number of carbonyl (C=O) groups excluding carboxylic acids is 2. The van der Waals surface area contributed by atoms with Gasteiger partial charge in [0.2, 0.25) is 0 Å². The Hall–Kier alpha value is -2.75. The zero-order valence-corrected chi connectivity index (χ0v) is 48.1. The van der Waals surface area contributed by atoms with Gasteiger partial charge in [-0.1, -0.05) is 59.3 Å². The monoisotopic (exact) mass is 1190 g/mol. The molecule has 26 heteroatoms. The maximum absolute atomic E-state index is 14.1. The minimum Gasteiger partial charge on any atom is -0.479 e. The molecule has 0 aromatic carbocycles. The lowest BCUT2D eigenvalue weighted by Crippen LogP contribution is -2.72. The molecule has 4 aliphatic heterocycles. The second kappa shape index (κ2) is 23.6. The number of hydrogen-bond acceptors (Lipinski definition) is 25. The Balaban J connectivity index is 1.04. The first-order chi connectivity index (χ1) is 38.8. The first-order valence-electron chi connectivity index (χ1n) is 29.0. The van der Waals surface area contributed by atoms with Gasteiger partial charge in [0.15, 0.2) is 37.6 Å². The molecule has 26 nitrogen and oxygen atoms in total. The highest BCUT2D eigenvalue weighted by Gasteiger charge is 2.73. The van der Waals surface area contributed by atoms with Gasteiger partial charge in [0, 0.05) is 17.4 Å². The number of carboxylic acid groups (broad SMARTS) is 1. The van der Waals surface area contributed by atoms with Crippen LogP contribution in [0.2, 0.25) is 0 Å². The lowest BCUT2D eigenvalue weighted by molar-refractivity contribution is -0.405. The molecule has 4 saturated carbocycles. The quantitative estimate of drug-likeness (QED) is 0.0288. The van der Waals surface area contributed by atoms with Crippen molar-refractivity contribution >= 4 is 18.2 Å². The SMILES string of the molecule is C/C=C(\C)C(=O)O[C@H]1[C@H](O)[C@]2(CO)[C@H](O)C[C@]3(C)C(=CC[C@@H]4[C@@]5(C)CC[C@H](O[C@@H]6O[C@H](C(=O)O)[C@@H](O)[C@H](O[C@@H]7O[C@H](O)[C@H](O)C[C@H]7O[C@@H]7OC[C@@H](O)[C@H](O)[C@H]7O)[C@H]6O[C@@H]6O[C@H](CO)[C@H](O)[C@H](O)[C@H]6O)[C@@](C)(C=O)[C@@H]5CC[C@]43C)[C@@H]2CC1(C)C. The Kier molecular flexibility index (Phi) is 18.4. The number of hydrogen-bond donors (Lipinski definition) is 14. The molecule has 0 unspecified atom stereocenters. The minimum absolute atomic E-state index is 0.128. The van der Waals surface area contributed by atoms with E-state index in [4.69, 9.17) is 42.6 Å². The summed E-state index contributed by atoms with van der Waals surface area (Å²) in [6, 6.07) is 0. The van der Waals surface area contributed by atoms with Crippen LogP contribution in [0.5, 0.6) is 0 Å². The predicted molar refractivity (Wildman–Crippen MR) is 279 cm³/mol. The lowest BCUT2D eigenvalue weighted by atomic mass is 9.33. The summed E-state index contributed by atoms with van der Waals surface area (Å²) in [4.78, 5) is 40.4. The van der Waals surface area contributed by atoms with Gasteiger partial charge in [-0.05, 0) is 92.8 Å². The van der Waals surface area contributed by atoms with Gasteiger partial charge in [0.05, 0.1) is 42.9 Å². The van der Waals surface area contributed by atoms with Crippen LogP contribution in [0.15, 0.2) is 23.3 Å². The topological polar surface area (TPSA) is 418 Å². The summed E-state index contributed by atoms with van der Waals surface area (Å²) in [7, 11) is 0. The molecule has 9 aliphatic rings. The number of aldehydes is 1. The molecular weight excluding hydrogens is 1100 g/mol. The van der Waals surface area contributed by atoms with Crippen LogP contribution in [0.1, 0.15) is 107 Å². The number of fused-ring (bicyclic) bond motifs is 7. The number of esters is 1. The second-order valence-electron chi connectivity index (χ2n) is 26.7. The smallest absolute Gasteiger partial charge is 0.335 e. The largest absolute Gasteiger partial charge is 0.479 e. The van der Waals surface area contributed by atoms with Crippen molar-refractivity contribution in [1.82, 2.24) is 0 Å². The number of rotatable bonds is 14. The van der Waals surface area contributed by atoms with Gasteiger partial charge >= 0.3 is 11.9 Å². The first kappa shape index (κ1) is 64.7. The molecule has 0 spiro atoms. The summed E-state index contributed by atoms with van der Waals surface area (Å²) in [6.07, 6.45) is -32.3. The second-order valence-corrected chi connectivity index (χ2v) is 26.7. The van der Waals surface area contributed by atoms with Crippen molar-refractivity contribution in [3.05, 3.63) is 23.3 Å². The van der Waals surface area contributed by atoms with E-state index in [-0.39, 0.29) is 18.8 Å². The summed E-state index contributed by atoms with van der Waals surface area (Å²) >= 11 is 0. The van der Waals surface area contributed by atoms with Gasteiger partial charge in [-0.15, -0.1) is 0 Å². The van der Waals surface area contributed by atoms with E-state index in [1.54, 1.807) is 26.8 Å². The molecule has 0 amide bonds. The van der Waals surface area contributed by atoms with Crippen LogP contribution in [-0.2, 0) is 57.0 Å². The number of aliphatic carboxylic acids is 1. The van der Waals surface area contributed by atoms with Crippen molar-refractivity contribution in [1.29, 1.82) is 0 Å². The summed E-state index contributed by atoms with van der Waals surface area (Å²) < 4.78 is 54.1. The van der Waals surface area contributed by atoms with E-state index in [1.807, 2.05) is 13.8 Å². The van der Waals surface area contributed by atoms with Crippen molar-refractivity contribution < 1.29 is 129 Å². The Morgan fingerprint density at radius 2 is 1.40 bits per heavy atom. The number of aliphatic hydroxyl groups is 13. The zero-order chi connectivity index (χ0) is 61.0. The highest BCUT2D eigenvalue weighted by Crippen LogP contribution is 2.76. The fourth-order valence-corrected chi connectivity index (χ4v) is 16.7. The molecule has 83 heavy (non-hydrogen) atoms. The third kappa shape index (κ3) is 10.5. The average Bonchev–Trinajstić information content (AvgIpc) is 0.722. The van der Waals surface area contributed by atoms with Crippen molar-refractivity contribution in [3.63, 3.8) is 0 Å². The molecule has 472 valence electrons. The molecule has 4 saturated heterocycles. The van der Waals surface area contributed by atoms with E-state index in [1.165, 1.54) is 0 Å². The van der Waals surface area contributed by atoms with Crippen LogP contribution in [0.4, 0.5) is 0 Å². The lowest BCUT2D eigenvalue weighted by Gasteiger charge is -2.72. The van der Waals surface area contributed by atoms with Crippen molar-refractivity contribution in [2.75, 3.05) is 19.8 Å².